The molecule has 0 bridgehead atoms. The van der Waals surface area contributed by atoms with Crippen LogP contribution in [0.3, 0.4) is 0 Å². The quantitative estimate of drug-likeness (QED) is 0.631. The van der Waals surface area contributed by atoms with Crippen LogP contribution in [0.4, 0.5) is 0 Å². The summed E-state index contributed by atoms with van der Waals surface area (Å²) >= 11 is 0. The number of amides is 1. The number of hydrogen-bond donors (Lipinski definition) is 1. The van der Waals surface area contributed by atoms with Crippen LogP contribution in [0.15, 0.2) is 30.3 Å². The average molecular weight is 349 g/mol. The Morgan fingerprint density at radius 3 is 2.12 bits per heavy atom. The monoisotopic (exact) mass is 349 g/mol. The molecule has 0 fully saturated rings. The molecule has 0 saturated carbocycles. The van der Waals surface area contributed by atoms with Gasteiger partial charge in [0.25, 0.3) is 0 Å². The first kappa shape index (κ1) is 20.7. The predicted octanol–water partition coefficient (Wildman–Crippen LogP) is 2.60. The van der Waals surface area contributed by atoms with Crippen LogP contribution in [0.1, 0.15) is 47.1 Å². The fraction of sp³-hybridized carbons (Fsp3) is 0.526. The maximum absolute atomic E-state index is 12.4. The first-order valence-electron chi connectivity index (χ1n) is 8.18. The van der Waals surface area contributed by atoms with Gasteiger partial charge in [-0.15, -0.1) is 0 Å². The zero-order chi connectivity index (χ0) is 19.3. The first-order chi connectivity index (χ1) is 11.4. The molecule has 1 rings (SSSR count). The van der Waals surface area contributed by atoms with Crippen molar-refractivity contribution >= 4 is 17.8 Å². The number of nitrogens with one attached hydrogen (secondary N) is 1. The van der Waals surface area contributed by atoms with Gasteiger partial charge in [0.2, 0.25) is 5.91 Å². The molecule has 0 unspecified atom stereocenters. The van der Waals surface area contributed by atoms with Gasteiger partial charge in [-0.3, -0.25) is 9.59 Å². The van der Waals surface area contributed by atoms with Gasteiger partial charge in [0.1, 0.15) is 23.7 Å². The molecule has 138 valence electrons. The fourth-order valence-electron chi connectivity index (χ4n) is 1.82. The molecule has 0 radical (unpaired) electrons. The van der Waals surface area contributed by atoms with E-state index in [1.807, 2.05) is 30.3 Å². The molecule has 1 aromatic rings. The molecule has 6 heteroatoms. The maximum atomic E-state index is 12.4. The lowest BCUT2D eigenvalue weighted by atomic mass is 9.92. The van der Waals surface area contributed by atoms with E-state index in [9.17, 15) is 14.4 Å². The Bertz CT molecular complexity index is 616. The molecule has 1 amide bonds. The van der Waals surface area contributed by atoms with E-state index in [1.165, 1.54) is 20.8 Å². The van der Waals surface area contributed by atoms with Crippen molar-refractivity contribution in [1.82, 2.24) is 5.32 Å². The van der Waals surface area contributed by atoms with Crippen LogP contribution in [0, 0.1) is 5.41 Å². The summed E-state index contributed by atoms with van der Waals surface area (Å²) in [4.78, 5) is 36.6. The van der Waals surface area contributed by atoms with Gasteiger partial charge < -0.3 is 14.8 Å². The molecule has 1 aromatic carbocycles. The number of esters is 2. The number of ether oxygens (including phenoxy) is 2. The largest absolute Gasteiger partial charge is 0.460 e. The predicted molar refractivity (Wildman–Crippen MR) is 93.5 cm³/mol. The zero-order valence-corrected chi connectivity index (χ0v) is 15.7. The highest BCUT2D eigenvalue weighted by molar-refractivity contribution is 6.02. The van der Waals surface area contributed by atoms with Crippen LogP contribution in [-0.4, -0.2) is 29.5 Å². The topological polar surface area (TPSA) is 81.7 Å². The summed E-state index contributed by atoms with van der Waals surface area (Å²) in [6.07, 6.45) is 0. The minimum absolute atomic E-state index is 0.0814. The zero-order valence-electron chi connectivity index (χ0n) is 15.7. The van der Waals surface area contributed by atoms with Crippen molar-refractivity contribution in [3.8, 4) is 0 Å². The van der Waals surface area contributed by atoms with Gasteiger partial charge in [0.05, 0.1) is 0 Å². The Hall–Kier alpha value is -2.37. The van der Waals surface area contributed by atoms with Crippen molar-refractivity contribution in [2.75, 3.05) is 0 Å². The summed E-state index contributed by atoms with van der Waals surface area (Å²) in [5.41, 5.74) is -1.25. The molecular weight excluding hydrogens is 322 g/mol. The van der Waals surface area contributed by atoms with Gasteiger partial charge in [-0.25, -0.2) is 4.79 Å². The smallest absolute Gasteiger partial charge is 0.328 e. The van der Waals surface area contributed by atoms with Gasteiger partial charge in [-0.05, 0) is 47.1 Å². The molecule has 0 aliphatic carbocycles. The Kier molecular flexibility index (Phi) is 6.73. The second-order valence-corrected chi connectivity index (χ2v) is 7.42. The van der Waals surface area contributed by atoms with Crippen LogP contribution >= 0.6 is 0 Å². The minimum atomic E-state index is -1.43. The molecule has 0 aliphatic rings. The van der Waals surface area contributed by atoms with Gasteiger partial charge in [-0.1, -0.05) is 30.3 Å². The highest BCUT2D eigenvalue weighted by atomic mass is 16.6. The van der Waals surface area contributed by atoms with E-state index in [2.05, 4.69) is 5.32 Å². The van der Waals surface area contributed by atoms with Crippen LogP contribution < -0.4 is 5.32 Å². The highest BCUT2D eigenvalue weighted by Gasteiger charge is 2.39. The first-order valence-corrected chi connectivity index (χ1v) is 8.18. The van der Waals surface area contributed by atoms with Crippen LogP contribution in [0.5, 0.6) is 0 Å². The molecule has 25 heavy (non-hydrogen) atoms. The molecule has 0 aromatic heterocycles. The van der Waals surface area contributed by atoms with E-state index >= 15 is 0 Å². The van der Waals surface area contributed by atoms with Crippen molar-refractivity contribution in [3.63, 3.8) is 0 Å². The SMILES string of the molecule is C[C@H](NC(=O)C(C)(C)C(=O)OCc1ccccc1)C(=O)OC(C)(C)C. The Morgan fingerprint density at radius 2 is 1.60 bits per heavy atom. The third-order valence-corrected chi connectivity index (χ3v) is 3.40. The normalized spacial score (nSPS) is 12.9. The molecule has 1 atom stereocenters. The van der Waals surface area contributed by atoms with E-state index in [0.717, 1.165) is 5.56 Å². The number of benzene rings is 1. The van der Waals surface area contributed by atoms with Gasteiger partial charge in [-0.2, -0.15) is 0 Å². The van der Waals surface area contributed by atoms with Crippen molar-refractivity contribution in [3.05, 3.63) is 35.9 Å². The lowest BCUT2D eigenvalue weighted by molar-refractivity contribution is -0.164. The number of rotatable bonds is 6. The molecule has 0 heterocycles. The van der Waals surface area contributed by atoms with Gasteiger partial charge in [0, 0.05) is 0 Å². The van der Waals surface area contributed by atoms with Crippen LogP contribution in [-0.2, 0) is 30.5 Å². The van der Waals surface area contributed by atoms with E-state index in [0.29, 0.717) is 0 Å². The summed E-state index contributed by atoms with van der Waals surface area (Å²) in [6, 6.07) is 8.32. The van der Waals surface area contributed by atoms with Crippen LogP contribution in [0.25, 0.3) is 0 Å². The third kappa shape index (κ3) is 6.57. The molecule has 6 nitrogen and oxygen atoms in total. The molecule has 0 aliphatic heterocycles. The summed E-state index contributed by atoms with van der Waals surface area (Å²) in [5.74, 6) is -1.82. The Morgan fingerprint density at radius 1 is 1.04 bits per heavy atom. The van der Waals surface area contributed by atoms with Gasteiger partial charge in [0.15, 0.2) is 0 Å². The minimum Gasteiger partial charge on any atom is -0.460 e. The summed E-state index contributed by atoms with van der Waals surface area (Å²) in [5, 5.41) is 2.51. The van der Waals surface area contributed by atoms with Crippen LogP contribution in [0.2, 0.25) is 0 Å². The summed E-state index contributed by atoms with van der Waals surface area (Å²) in [7, 11) is 0. The second kappa shape index (κ2) is 8.14. The van der Waals surface area contributed by atoms with Crippen molar-refractivity contribution < 1.29 is 23.9 Å². The van der Waals surface area contributed by atoms with E-state index in [-0.39, 0.29) is 6.61 Å². The molecule has 0 saturated heterocycles. The summed E-state index contributed by atoms with van der Waals surface area (Å²) < 4.78 is 10.4. The third-order valence-electron chi connectivity index (χ3n) is 3.40. The van der Waals surface area contributed by atoms with Gasteiger partial charge >= 0.3 is 11.9 Å². The Balaban J connectivity index is 2.62. The second-order valence-electron chi connectivity index (χ2n) is 7.42. The van der Waals surface area contributed by atoms with Crippen molar-refractivity contribution in [2.24, 2.45) is 5.41 Å². The lowest BCUT2D eigenvalue weighted by Gasteiger charge is -2.26. The molecular formula is C19H27NO5. The lowest BCUT2D eigenvalue weighted by Crippen LogP contribution is -2.49. The van der Waals surface area contributed by atoms with E-state index < -0.39 is 34.9 Å². The highest BCUT2D eigenvalue weighted by Crippen LogP contribution is 2.19. The number of carbonyl (C=O) groups excluding carboxylic acids is 3. The summed E-state index contributed by atoms with van der Waals surface area (Å²) in [6.45, 7) is 9.73. The molecule has 0 spiro atoms. The number of carbonyl (C=O) groups is 3. The molecule has 1 N–H and O–H groups in total. The fourth-order valence-corrected chi connectivity index (χ4v) is 1.82. The number of hydrogen-bond acceptors (Lipinski definition) is 5. The average Bonchev–Trinajstić information content (AvgIpc) is 2.51. The van der Waals surface area contributed by atoms with Crippen molar-refractivity contribution in [2.45, 2.75) is 59.8 Å². The van der Waals surface area contributed by atoms with Crippen molar-refractivity contribution in [1.29, 1.82) is 0 Å². The van der Waals surface area contributed by atoms with E-state index in [4.69, 9.17) is 9.47 Å². The Labute approximate surface area is 148 Å². The van der Waals surface area contributed by atoms with E-state index in [1.54, 1.807) is 20.8 Å². The standard InChI is InChI=1S/C19H27NO5/c1-13(15(21)25-18(2,3)4)20-16(22)19(5,6)17(23)24-12-14-10-8-7-9-11-14/h7-11,13H,12H2,1-6H3,(H,20,22)/t13-/m0/s1. The maximum Gasteiger partial charge on any atom is 0.328 e.